The Balaban J connectivity index is 1.53. The van der Waals surface area contributed by atoms with E-state index in [4.69, 9.17) is 0 Å². The van der Waals surface area contributed by atoms with Gasteiger partial charge in [0.1, 0.15) is 5.01 Å². The summed E-state index contributed by atoms with van der Waals surface area (Å²) in [6, 6.07) is 3.75. The van der Waals surface area contributed by atoms with Crippen molar-refractivity contribution in [3.8, 4) is 10.6 Å². The number of pyridine rings is 1. The lowest BCUT2D eigenvalue weighted by Gasteiger charge is -2.12. The minimum Gasteiger partial charge on any atom is -0.296 e. The SMILES string of the molecule is O=C(Nc1nnc(-c2ccncc2)s1)c1csc2c1CCCC2. The van der Waals surface area contributed by atoms with E-state index in [9.17, 15) is 4.79 Å². The quantitative estimate of drug-likeness (QED) is 0.786. The normalized spacial score (nSPS) is 13.6. The summed E-state index contributed by atoms with van der Waals surface area (Å²) in [5.41, 5.74) is 2.97. The second-order valence-electron chi connectivity index (χ2n) is 5.36. The summed E-state index contributed by atoms with van der Waals surface area (Å²) >= 11 is 3.06. The average Bonchev–Trinajstić information content (AvgIpc) is 3.22. The minimum atomic E-state index is -0.0816. The maximum atomic E-state index is 12.5. The first kappa shape index (κ1) is 14.5. The number of carbonyl (C=O) groups excluding carboxylic acids is 1. The lowest BCUT2D eigenvalue weighted by atomic mass is 9.96. The largest absolute Gasteiger partial charge is 0.296 e. The Kier molecular flexibility index (Phi) is 3.88. The van der Waals surface area contributed by atoms with Gasteiger partial charge in [0.25, 0.3) is 5.91 Å². The zero-order chi connectivity index (χ0) is 15.6. The van der Waals surface area contributed by atoms with Crippen LogP contribution in [0.1, 0.15) is 33.6 Å². The van der Waals surface area contributed by atoms with Crippen molar-refractivity contribution >= 4 is 33.7 Å². The van der Waals surface area contributed by atoms with Crippen LogP contribution in [-0.2, 0) is 12.8 Å². The average molecular weight is 342 g/mol. The molecule has 0 fully saturated rings. The Bertz CT molecular complexity index is 841. The molecule has 3 heterocycles. The minimum absolute atomic E-state index is 0.0816. The number of hydrogen-bond acceptors (Lipinski definition) is 6. The van der Waals surface area contributed by atoms with E-state index in [1.165, 1.54) is 28.2 Å². The number of carbonyl (C=O) groups is 1. The summed E-state index contributed by atoms with van der Waals surface area (Å²) in [6.45, 7) is 0. The van der Waals surface area contributed by atoms with Crippen molar-refractivity contribution < 1.29 is 4.79 Å². The number of nitrogens with zero attached hydrogens (tertiary/aromatic N) is 3. The van der Waals surface area contributed by atoms with Crippen molar-refractivity contribution in [3.63, 3.8) is 0 Å². The van der Waals surface area contributed by atoms with Gasteiger partial charge in [-0.1, -0.05) is 11.3 Å². The zero-order valence-corrected chi connectivity index (χ0v) is 13.9. The van der Waals surface area contributed by atoms with Crippen molar-refractivity contribution in [1.29, 1.82) is 0 Å². The molecule has 23 heavy (non-hydrogen) atoms. The van der Waals surface area contributed by atoms with Crippen molar-refractivity contribution in [2.45, 2.75) is 25.7 Å². The summed E-state index contributed by atoms with van der Waals surface area (Å²) in [6.07, 6.45) is 7.91. The predicted molar refractivity (Wildman–Crippen MR) is 92.1 cm³/mol. The van der Waals surface area contributed by atoms with Crippen LogP contribution in [0.2, 0.25) is 0 Å². The van der Waals surface area contributed by atoms with Gasteiger partial charge in [0.15, 0.2) is 0 Å². The maximum Gasteiger partial charge on any atom is 0.258 e. The van der Waals surface area contributed by atoms with Crippen LogP contribution in [0.5, 0.6) is 0 Å². The molecule has 1 aliphatic rings. The van der Waals surface area contributed by atoms with Gasteiger partial charge >= 0.3 is 0 Å². The van der Waals surface area contributed by atoms with E-state index < -0.39 is 0 Å². The smallest absolute Gasteiger partial charge is 0.258 e. The molecule has 3 aromatic rings. The lowest BCUT2D eigenvalue weighted by Crippen LogP contribution is -2.14. The molecule has 4 rings (SSSR count). The van der Waals surface area contributed by atoms with Gasteiger partial charge < -0.3 is 0 Å². The van der Waals surface area contributed by atoms with E-state index in [0.717, 1.165) is 35.4 Å². The monoisotopic (exact) mass is 342 g/mol. The second kappa shape index (κ2) is 6.17. The molecule has 1 aliphatic carbocycles. The zero-order valence-electron chi connectivity index (χ0n) is 12.3. The molecule has 0 atom stereocenters. The van der Waals surface area contributed by atoms with E-state index >= 15 is 0 Å². The van der Waals surface area contributed by atoms with Crippen LogP contribution in [0.3, 0.4) is 0 Å². The van der Waals surface area contributed by atoms with Gasteiger partial charge in [0.2, 0.25) is 5.13 Å². The van der Waals surface area contributed by atoms with Gasteiger partial charge in [-0.3, -0.25) is 15.1 Å². The fourth-order valence-electron chi connectivity index (χ4n) is 2.73. The Morgan fingerprint density at radius 1 is 1.13 bits per heavy atom. The summed E-state index contributed by atoms with van der Waals surface area (Å²) in [4.78, 5) is 17.9. The van der Waals surface area contributed by atoms with Crippen LogP contribution >= 0.6 is 22.7 Å². The Hall–Kier alpha value is -2.12. The number of aryl methyl sites for hydroxylation is 1. The fourth-order valence-corrected chi connectivity index (χ4v) is 4.60. The third kappa shape index (κ3) is 2.89. The number of fused-ring (bicyclic) bond motifs is 1. The number of rotatable bonds is 3. The topological polar surface area (TPSA) is 67.8 Å². The first-order chi connectivity index (χ1) is 11.3. The Morgan fingerprint density at radius 2 is 1.96 bits per heavy atom. The van der Waals surface area contributed by atoms with E-state index in [-0.39, 0.29) is 5.91 Å². The number of hydrogen-bond donors (Lipinski definition) is 1. The van der Waals surface area contributed by atoms with Crippen LogP contribution in [0.15, 0.2) is 29.9 Å². The van der Waals surface area contributed by atoms with E-state index in [1.807, 2.05) is 17.5 Å². The molecule has 0 bridgehead atoms. The standard InChI is InChI=1S/C16H14N4OS2/c21-14(12-9-22-13-4-2-1-3-11(12)13)18-16-20-19-15(23-16)10-5-7-17-8-6-10/h5-9H,1-4H2,(H,18,20,21). The first-order valence-corrected chi connectivity index (χ1v) is 9.15. The summed E-state index contributed by atoms with van der Waals surface area (Å²) in [5, 5.41) is 14.4. The van der Waals surface area contributed by atoms with Crippen LogP contribution in [0.4, 0.5) is 5.13 Å². The third-order valence-corrected chi connectivity index (χ3v) is 5.86. The maximum absolute atomic E-state index is 12.5. The van der Waals surface area contributed by atoms with E-state index in [2.05, 4.69) is 20.5 Å². The highest BCUT2D eigenvalue weighted by Crippen LogP contribution is 2.31. The molecule has 0 unspecified atom stereocenters. The molecule has 0 spiro atoms. The molecular weight excluding hydrogens is 328 g/mol. The van der Waals surface area contributed by atoms with Gasteiger partial charge in [0, 0.05) is 28.2 Å². The molecule has 5 nitrogen and oxygen atoms in total. The van der Waals surface area contributed by atoms with Crippen LogP contribution < -0.4 is 5.32 Å². The lowest BCUT2D eigenvalue weighted by molar-refractivity contribution is 0.102. The molecule has 0 saturated heterocycles. The van der Waals surface area contributed by atoms with Crippen LogP contribution in [0, 0.1) is 0 Å². The molecule has 0 radical (unpaired) electrons. The second-order valence-corrected chi connectivity index (χ2v) is 7.30. The van der Waals surface area contributed by atoms with Crippen LogP contribution in [0.25, 0.3) is 10.6 Å². The van der Waals surface area contributed by atoms with E-state index in [0.29, 0.717) is 5.13 Å². The molecule has 116 valence electrons. The predicted octanol–water partition coefficient (Wildman–Crippen LogP) is 3.79. The molecule has 7 heteroatoms. The number of aromatic nitrogens is 3. The van der Waals surface area contributed by atoms with E-state index in [1.54, 1.807) is 23.7 Å². The van der Waals surface area contributed by atoms with Gasteiger partial charge in [-0.05, 0) is 43.4 Å². The van der Waals surface area contributed by atoms with Gasteiger partial charge in [0.05, 0.1) is 5.56 Å². The Labute approximate surface area is 141 Å². The molecular formula is C16H14N4OS2. The summed E-state index contributed by atoms with van der Waals surface area (Å²) in [5.74, 6) is -0.0816. The van der Waals surface area contributed by atoms with Gasteiger partial charge in [-0.15, -0.1) is 21.5 Å². The van der Waals surface area contributed by atoms with Crippen molar-refractivity contribution in [3.05, 3.63) is 45.9 Å². The highest BCUT2D eigenvalue weighted by Gasteiger charge is 2.21. The highest BCUT2D eigenvalue weighted by molar-refractivity contribution is 7.18. The Morgan fingerprint density at radius 3 is 2.83 bits per heavy atom. The summed E-state index contributed by atoms with van der Waals surface area (Å²) in [7, 11) is 0. The number of amides is 1. The molecule has 0 aliphatic heterocycles. The molecule has 0 aromatic carbocycles. The molecule has 3 aromatic heterocycles. The highest BCUT2D eigenvalue weighted by atomic mass is 32.1. The number of anilines is 1. The number of thiophene rings is 1. The van der Waals surface area contributed by atoms with Crippen molar-refractivity contribution in [2.24, 2.45) is 0 Å². The van der Waals surface area contributed by atoms with Gasteiger partial charge in [-0.25, -0.2) is 0 Å². The molecule has 1 N–H and O–H groups in total. The third-order valence-electron chi connectivity index (χ3n) is 3.88. The van der Waals surface area contributed by atoms with Crippen LogP contribution in [-0.4, -0.2) is 21.1 Å². The van der Waals surface area contributed by atoms with Crippen molar-refractivity contribution in [2.75, 3.05) is 5.32 Å². The summed E-state index contributed by atoms with van der Waals surface area (Å²) < 4.78 is 0. The van der Waals surface area contributed by atoms with Crippen molar-refractivity contribution in [1.82, 2.24) is 15.2 Å². The molecule has 1 amide bonds. The number of nitrogens with one attached hydrogen (secondary N) is 1. The molecule has 0 saturated carbocycles. The van der Waals surface area contributed by atoms with Gasteiger partial charge in [-0.2, -0.15) is 0 Å². The first-order valence-electron chi connectivity index (χ1n) is 7.46. The fraction of sp³-hybridized carbons (Fsp3) is 0.250.